The summed E-state index contributed by atoms with van der Waals surface area (Å²) in [6, 6.07) is 0. The van der Waals surface area contributed by atoms with Crippen LogP contribution in [0.2, 0.25) is 0 Å². The van der Waals surface area contributed by atoms with Crippen LogP contribution in [0, 0.1) is 0 Å². The third-order valence-electron chi connectivity index (χ3n) is 26.7. The second kappa shape index (κ2) is 118. The van der Waals surface area contributed by atoms with Crippen LogP contribution in [0.5, 0.6) is 0 Å². The number of hydrogen-bond acceptors (Lipinski definition) is 4. The number of nitrogens with one attached hydrogen (secondary N) is 3. The van der Waals surface area contributed by atoms with Crippen LogP contribution in [-0.4, -0.2) is 60.4 Å². The molecule has 3 N–H and O–H groups in total. The first kappa shape index (κ1) is 125. The van der Waals surface area contributed by atoms with E-state index in [9.17, 15) is 0 Å². The third-order valence-corrected chi connectivity index (χ3v) is 26.7. The molecule has 0 aromatic rings. The number of rotatable bonds is 102. The van der Waals surface area contributed by atoms with E-state index < -0.39 is 7.82 Å². The van der Waals surface area contributed by atoms with E-state index in [1.165, 1.54) is 656 Å². The molecule has 0 aliphatic carbocycles. The normalized spacial score (nSPS) is 11.7. The van der Waals surface area contributed by atoms with Crippen molar-refractivity contribution in [2.24, 2.45) is 0 Å². The number of unbranched alkanes of at least 4 members (excludes halogenated alkanes) is 90. The van der Waals surface area contributed by atoms with Gasteiger partial charge in [0.1, 0.15) is 0 Å². The fourth-order valence-electron chi connectivity index (χ4n) is 18.2. The van der Waals surface area contributed by atoms with E-state index in [-0.39, 0.29) is 0 Å². The molecule has 0 heterocycles. The van der Waals surface area contributed by atoms with Crippen LogP contribution in [0.15, 0.2) is 0 Å². The van der Waals surface area contributed by atoms with Crippen molar-refractivity contribution in [1.29, 1.82) is 0 Å². The molecule has 0 unspecified atom stereocenters. The van der Waals surface area contributed by atoms with Gasteiger partial charge in [0.15, 0.2) is 0 Å². The molecule has 0 amide bonds. The van der Waals surface area contributed by atoms with Crippen LogP contribution in [0.1, 0.15) is 658 Å². The Labute approximate surface area is 755 Å². The van der Waals surface area contributed by atoms with Crippen molar-refractivity contribution in [3.05, 3.63) is 0 Å². The molecule has 722 valence electrons. The maximum absolute atomic E-state index is 8.55. The lowest BCUT2D eigenvalue weighted by molar-refractivity contribution is -0.880. The van der Waals surface area contributed by atoms with E-state index >= 15 is 0 Å². The lowest BCUT2D eigenvalue weighted by Crippen LogP contribution is -3.09. The molecule has 0 aromatic carbocycles. The molecule has 0 aromatic heterocycles. The fourth-order valence-corrected chi connectivity index (χ4v) is 18.2. The van der Waals surface area contributed by atoms with Gasteiger partial charge in [0.05, 0.1) is 60.4 Å². The predicted octanol–water partition coefficient (Wildman–Crippen LogP) is 33.2. The van der Waals surface area contributed by atoms with Gasteiger partial charge in [-0.2, -0.15) is 7.82 Å². The summed E-state index contributed by atoms with van der Waals surface area (Å²) in [6.07, 6.45) is 141. The fraction of sp³-hybridized carbons (Fsp3) is 1.00. The second-order valence-electron chi connectivity index (χ2n) is 39.6. The number of hydrogen-bond donors (Lipinski definition) is 3. The van der Waals surface area contributed by atoms with Crippen LogP contribution >= 0.6 is 7.82 Å². The summed E-state index contributed by atoms with van der Waals surface area (Å²) in [4.78, 5) is 31.0. The molecule has 0 radical (unpaired) electrons. The minimum absolute atomic E-state index is 1.37. The molecule has 0 aliphatic heterocycles. The molecule has 0 spiro atoms. The van der Waals surface area contributed by atoms with Crippen molar-refractivity contribution in [1.82, 2.24) is 0 Å². The molecule has 0 atom stereocenters. The molecule has 0 bridgehead atoms. The van der Waals surface area contributed by atoms with Gasteiger partial charge in [-0.05, 0) is 77.0 Å². The van der Waals surface area contributed by atoms with E-state index in [1.54, 1.807) is 14.7 Å². The monoisotopic (exact) mass is 1700 g/mol. The summed E-state index contributed by atoms with van der Waals surface area (Å²) >= 11 is 0. The van der Waals surface area contributed by atoms with Crippen LogP contribution in [0.25, 0.3) is 0 Å². The highest BCUT2D eigenvalue weighted by molar-refractivity contribution is 7.40. The summed E-state index contributed by atoms with van der Waals surface area (Å²) in [6.45, 7) is 22.2. The maximum Gasteiger partial charge on any atom is 0.0768 e. The SMILES string of the molecule is CCCCCCCCCCCCCCCCCC[NH+](C)CCCCCCCCCCCCCCCCCC.CCCCCCCCCCCCCCCCCC[NH+](C)CCCCCCCCCCCCCCCCCC.CCCCCCCCCCCCCCCCCC[NH+](C)CCCCCCCCCCCCCCCCCC.O=P([O-])([O-])[O-]. The minimum atomic E-state index is -5.39. The van der Waals surface area contributed by atoms with Crippen LogP contribution in [-0.2, 0) is 4.57 Å². The van der Waals surface area contributed by atoms with Crippen LogP contribution in [0.3, 0.4) is 0 Å². The zero-order valence-electron chi connectivity index (χ0n) is 84.7. The first-order valence-corrected chi connectivity index (χ1v) is 58.1. The van der Waals surface area contributed by atoms with Crippen molar-refractivity contribution >= 4 is 7.82 Å². The highest BCUT2D eigenvalue weighted by atomic mass is 31.2. The van der Waals surface area contributed by atoms with E-state index in [0.717, 1.165) is 0 Å². The summed E-state index contributed by atoms with van der Waals surface area (Å²) < 4.78 is 8.55. The molecule has 0 saturated carbocycles. The minimum Gasteiger partial charge on any atom is -0.822 e. The summed E-state index contributed by atoms with van der Waals surface area (Å²) in [5, 5.41) is 0. The smallest absolute Gasteiger partial charge is 0.0768 e. The van der Waals surface area contributed by atoms with E-state index in [4.69, 9.17) is 19.2 Å². The third kappa shape index (κ3) is 136. The molecule has 0 aliphatic rings. The van der Waals surface area contributed by atoms with E-state index in [1.807, 2.05) is 0 Å². The highest BCUT2D eigenvalue weighted by Crippen LogP contribution is 2.21. The maximum atomic E-state index is 8.55. The van der Waals surface area contributed by atoms with Crippen molar-refractivity contribution in [3.8, 4) is 0 Å². The van der Waals surface area contributed by atoms with E-state index in [2.05, 4.69) is 62.7 Å². The molecule has 0 saturated heterocycles. The molecule has 8 heteroatoms. The highest BCUT2D eigenvalue weighted by Gasteiger charge is 2.08. The number of quaternary nitrogens is 3. The van der Waals surface area contributed by atoms with Crippen molar-refractivity contribution in [2.75, 3.05) is 60.4 Å². The molecule has 119 heavy (non-hydrogen) atoms. The van der Waals surface area contributed by atoms with Crippen LogP contribution < -0.4 is 29.4 Å². The average molecular weight is 1710 g/mol. The first-order chi connectivity index (χ1) is 58.4. The van der Waals surface area contributed by atoms with Crippen molar-refractivity contribution in [2.45, 2.75) is 658 Å². The molecular weight excluding hydrogens is 1470 g/mol. The van der Waals surface area contributed by atoms with Gasteiger partial charge in [0.25, 0.3) is 0 Å². The zero-order valence-corrected chi connectivity index (χ0v) is 85.6. The second-order valence-corrected chi connectivity index (χ2v) is 40.5. The van der Waals surface area contributed by atoms with Crippen molar-refractivity contribution < 1.29 is 33.9 Å². The Morgan fingerprint density at radius 1 is 0.126 bits per heavy atom. The standard InChI is InChI=1S/3C37H77N.H3O4P/c3*1-4-6-8-10-12-14-16-18-20-22-24-26-28-30-32-34-36-38(3)37-35-33-31-29-27-25-23-21-19-17-15-13-11-9-7-5-2;1-5(2,3)4/h3*4-37H2,1-3H3;(H3,1,2,3,4). The summed E-state index contributed by atoms with van der Waals surface area (Å²) in [7, 11) is 1.89. The Balaban J connectivity index is -0.000000808. The topological polar surface area (TPSA) is 99.6 Å². The molecule has 0 fully saturated rings. The van der Waals surface area contributed by atoms with E-state index in [0.29, 0.717) is 0 Å². The van der Waals surface area contributed by atoms with Gasteiger partial charge in [0.2, 0.25) is 0 Å². The largest absolute Gasteiger partial charge is 0.822 e. The molecular formula is C111H234N3O4P. The molecule has 0 rings (SSSR count). The lowest BCUT2D eigenvalue weighted by Gasteiger charge is -2.36. The Morgan fingerprint density at radius 2 is 0.176 bits per heavy atom. The Kier molecular flexibility index (Phi) is 124. The van der Waals surface area contributed by atoms with Gasteiger partial charge < -0.3 is 33.9 Å². The Hall–Kier alpha value is -0.0100. The number of phosphoric acid groups is 1. The zero-order chi connectivity index (χ0) is 87.4. The average Bonchev–Trinajstić information content (AvgIpc) is 1.11. The van der Waals surface area contributed by atoms with Gasteiger partial charge >= 0.3 is 0 Å². The van der Waals surface area contributed by atoms with Crippen LogP contribution in [0.4, 0.5) is 0 Å². The van der Waals surface area contributed by atoms with Gasteiger partial charge in [-0.15, -0.1) is 0 Å². The quantitative estimate of drug-likeness (QED) is 0.0417. The molecule has 7 nitrogen and oxygen atoms in total. The van der Waals surface area contributed by atoms with Gasteiger partial charge in [-0.1, -0.05) is 581 Å². The Morgan fingerprint density at radius 3 is 0.235 bits per heavy atom. The Bertz CT molecular complexity index is 1420. The predicted molar refractivity (Wildman–Crippen MR) is 535 cm³/mol. The summed E-state index contributed by atoms with van der Waals surface area (Å²) in [5.74, 6) is 0. The lowest BCUT2D eigenvalue weighted by atomic mass is 10.0. The summed E-state index contributed by atoms with van der Waals surface area (Å²) in [5.41, 5.74) is 0. The van der Waals surface area contributed by atoms with Crippen molar-refractivity contribution in [3.63, 3.8) is 0 Å². The van der Waals surface area contributed by atoms with Gasteiger partial charge in [0, 0.05) is 0 Å². The van der Waals surface area contributed by atoms with Gasteiger partial charge in [-0.3, -0.25) is 0 Å². The first-order valence-electron chi connectivity index (χ1n) is 56.6. The van der Waals surface area contributed by atoms with Gasteiger partial charge in [-0.25, -0.2) is 0 Å².